The lowest BCUT2D eigenvalue weighted by molar-refractivity contribution is -0.384. The summed E-state index contributed by atoms with van der Waals surface area (Å²) in [6, 6.07) is 7.06. The fourth-order valence-electron chi connectivity index (χ4n) is 3.25. The van der Waals surface area contributed by atoms with Crippen molar-refractivity contribution in [2.24, 2.45) is 5.92 Å². The highest BCUT2D eigenvalue weighted by atomic mass is 16.6. The van der Waals surface area contributed by atoms with E-state index in [2.05, 4.69) is 5.10 Å². The number of aliphatic carboxylic acids is 1. The van der Waals surface area contributed by atoms with Crippen molar-refractivity contribution in [2.75, 3.05) is 13.1 Å². The molecule has 1 aliphatic rings. The maximum Gasteiger partial charge on any atom is 0.308 e. The minimum atomic E-state index is -0.994. The van der Waals surface area contributed by atoms with Crippen molar-refractivity contribution in [2.45, 2.75) is 19.8 Å². The van der Waals surface area contributed by atoms with E-state index < -0.39 is 33.8 Å². The second kappa shape index (κ2) is 7.59. The van der Waals surface area contributed by atoms with Gasteiger partial charge in [0.1, 0.15) is 5.69 Å². The summed E-state index contributed by atoms with van der Waals surface area (Å²) >= 11 is 0. The van der Waals surface area contributed by atoms with E-state index in [1.807, 2.05) is 0 Å². The molecule has 28 heavy (non-hydrogen) atoms. The van der Waals surface area contributed by atoms with E-state index in [-0.39, 0.29) is 17.9 Å². The van der Waals surface area contributed by atoms with Gasteiger partial charge in [0.05, 0.1) is 10.8 Å². The number of hydrogen-bond donors (Lipinski definition) is 1. The van der Waals surface area contributed by atoms with Gasteiger partial charge in [0.15, 0.2) is 5.69 Å². The van der Waals surface area contributed by atoms with Crippen molar-refractivity contribution in [3.05, 3.63) is 62.1 Å². The second-order valence-electron chi connectivity index (χ2n) is 6.58. The summed E-state index contributed by atoms with van der Waals surface area (Å²) in [5, 5.41) is 24.6. The van der Waals surface area contributed by atoms with Crippen LogP contribution in [0.25, 0.3) is 5.69 Å². The molecule has 1 saturated heterocycles. The number of nitrogens with zero attached hydrogens (tertiary/aromatic N) is 4. The Hall–Kier alpha value is -3.56. The minimum Gasteiger partial charge on any atom is -0.481 e. The fourth-order valence-corrected chi connectivity index (χ4v) is 3.25. The highest BCUT2D eigenvalue weighted by Crippen LogP contribution is 2.23. The summed E-state index contributed by atoms with van der Waals surface area (Å²) in [5.74, 6) is -2.37. The van der Waals surface area contributed by atoms with Gasteiger partial charge in [-0.15, -0.1) is 0 Å². The molecule has 1 amide bonds. The van der Waals surface area contributed by atoms with E-state index in [1.54, 1.807) is 13.0 Å². The van der Waals surface area contributed by atoms with Gasteiger partial charge >= 0.3 is 5.97 Å². The third-order valence-corrected chi connectivity index (χ3v) is 4.67. The normalized spacial score (nSPS) is 16.6. The Balaban J connectivity index is 2.03. The van der Waals surface area contributed by atoms with Crippen LogP contribution in [0.5, 0.6) is 0 Å². The molecule has 0 unspecified atom stereocenters. The van der Waals surface area contributed by atoms with Crippen molar-refractivity contribution >= 4 is 17.6 Å². The van der Waals surface area contributed by atoms with Crippen LogP contribution in [0.15, 0.2) is 35.1 Å². The summed E-state index contributed by atoms with van der Waals surface area (Å²) in [5.41, 5.74) is -0.771. The molecular weight excluding hydrogens is 368 g/mol. The summed E-state index contributed by atoms with van der Waals surface area (Å²) in [4.78, 5) is 48.5. The van der Waals surface area contributed by atoms with Crippen molar-refractivity contribution in [3.8, 4) is 5.69 Å². The molecular formula is C18H18N4O6. The third-order valence-electron chi connectivity index (χ3n) is 4.67. The molecule has 1 aromatic heterocycles. The quantitative estimate of drug-likeness (QED) is 0.619. The number of piperidine rings is 1. The van der Waals surface area contributed by atoms with Gasteiger partial charge in [0, 0.05) is 30.9 Å². The highest BCUT2D eigenvalue weighted by Gasteiger charge is 2.31. The topological polar surface area (TPSA) is 136 Å². The average Bonchev–Trinajstić information content (AvgIpc) is 2.67. The van der Waals surface area contributed by atoms with Crippen molar-refractivity contribution in [3.63, 3.8) is 0 Å². The fraction of sp³-hybridized carbons (Fsp3) is 0.333. The number of nitro benzene ring substituents is 1. The Labute approximate surface area is 159 Å². The van der Waals surface area contributed by atoms with Crippen LogP contribution in [0.1, 0.15) is 29.0 Å². The Morgan fingerprint density at radius 2 is 2.04 bits per heavy atom. The lowest BCUT2D eigenvalue weighted by Gasteiger charge is -2.30. The second-order valence-corrected chi connectivity index (χ2v) is 6.58. The predicted octanol–water partition coefficient (Wildman–Crippen LogP) is 1.39. The minimum absolute atomic E-state index is 0.00531. The van der Waals surface area contributed by atoms with E-state index in [9.17, 15) is 29.6 Å². The molecule has 0 aliphatic carbocycles. The van der Waals surface area contributed by atoms with Crippen LogP contribution in [-0.4, -0.2) is 49.7 Å². The Morgan fingerprint density at radius 1 is 1.32 bits per heavy atom. The molecule has 0 saturated carbocycles. The molecule has 3 rings (SSSR count). The number of carboxylic acids is 1. The number of carboxylic acid groups (broad SMARTS) is 1. The molecule has 1 aliphatic heterocycles. The standard InChI is InChI=1S/C18H18N4O6/c1-11-9-15(23)16(17(24)20-8-4-5-12(10-20)18(25)26)19-21(11)13-6-2-3-7-14(13)22(27)28/h2-3,6-7,9,12H,4-5,8,10H2,1H3,(H,25,26)/t12-/m0/s1. The monoisotopic (exact) mass is 386 g/mol. The van der Waals surface area contributed by atoms with Crippen LogP contribution >= 0.6 is 0 Å². The van der Waals surface area contributed by atoms with Gasteiger partial charge in [0.2, 0.25) is 5.43 Å². The molecule has 146 valence electrons. The molecule has 10 heteroatoms. The number of rotatable bonds is 4. The molecule has 2 heterocycles. The van der Waals surface area contributed by atoms with E-state index in [1.165, 1.54) is 33.8 Å². The zero-order valence-corrected chi connectivity index (χ0v) is 15.1. The van der Waals surface area contributed by atoms with Gasteiger partial charge in [-0.1, -0.05) is 12.1 Å². The van der Waals surface area contributed by atoms with Crippen molar-refractivity contribution in [1.29, 1.82) is 0 Å². The highest BCUT2D eigenvalue weighted by molar-refractivity contribution is 5.92. The molecule has 1 aromatic carbocycles. The molecule has 0 spiro atoms. The summed E-state index contributed by atoms with van der Waals surface area (Å²) in [6.45, 7) is 1.87. The lowest BCUT2D eigenvalue weighted by Crippen LogP contribution is -2.44. The van der Waals surface area contributed by atoms with Crippen molar-refractivity contribution < 1.29 is 19.6 Å². The number of carbonyl (C=O) groups is 2. The number of likely N-dealkylation sites (tertiary alicyclic amines) is 1. The Morgan fingerprint density at radius 3 is 2.71 bits per heavy atom. The van der Waals surface area contributed by atoms with E-state index >= 15 is 0 Å². The Bertz CT molecular complexity index is 1020. The van der Waals surface area contributed by atoms with Crippen molar-refractivity contribution in [1.82, 2.24) is 14.7 Å². The predicted molar refractivity (Wildman–Crippen MR) is 97.5 cm³/mol. The van der Waals surface area contributed by atoms with Gasteiger partial charge in [0.25, 0.3) is 11.6 Å². The summed E-state index contributed by atoms with van der Waals surface area (Å²) < 4.78 is 1.19. The zero-order chi connectivity index (χ0) is 20.4. The van der Waals surface area contributed by atoms with E-state index in [4.69, 9.17) is 0 Å². The van der Waals surface area contributed by atoms with Gasteiger partial charge in [-0.25, -0.2) is 4.68 Å². The summed E-state index contributed by atoms with van der Waals surface area (Å²) in [7, 11) is 0. The number of benzene rings is 1. The number of carbonyl (C=O) groups excluding carboxylic acids is 1. The SMILES string of the molecule is Cc1cc(=O)c(C(=O)N2CCC[C@H](C(=O)O)C2)nn1-c1ccccc1[N+](=O)[O-]. The maximum absolute atomic E-state index is 12.8. The summed E-state index contributed by atoms with van der Waals surface area (Å²) in [6.07, 6.45) is 0.966. The Kier molecular flexibility index (Phi) is 5.21. The van der Waals surface area contributed by atoms with Gasteiger partial charge in [-0.2, -0.15) is 5.10 Å². The number of aryl methyl sites for hydroxylation is 1. The van der Waals surface area contributed by atoms with Crippen LogP contribution in [0.4, 0.5) is 5.69 Å². The molecule has 2 aromatic rings. The number of hydrogen-bond acceptors (Lipinski definition) is 6. The first-order valence-corrected chi connectivity index (χ1v) is 8.66. The average molecular weight is 386 g/mol. The molecule has 1 atom stereocenters. The maximum atomic E-state index is 12.8. The first kappa shape index (κ1) is 19.2. The van der Waals surface area contributed by atoms with Crippen LogP contribution in [-0.2, 0) is 4.79 Å². The molecule has 1 fully saturated rings. The molecule has 0 bridgehead atoms. The van der Waals surface area contributed by atoms with Gasteiger partial charge in [-0.05, 0) is 25.8 Å². The largest absolute Gasteiger partial charge is 0.481 e. The molecule has 0 radical (unpaired) electrons. The van der Waals surface area contributed by atoms with Gasteiger partial charge < -0.3 is 10.0 Å². The van der Waals surface area contributed by atoms with Gasteiger partial charge in [-0.3, -0.25) is 24.5 Å². The third kappa shape index (κ3) is 3.61. The lowest BCUT2D eigenvalue weighted by atomic mass is 9.98. The zero-order valence-electron chi connectivity index (χ0n) is 15.1. The number of para-hydroxylation sites is 2. The first-order valence-electron chi connectivity index (χ1n) is 8.66. The number of nitro groups is 1. The smallest absolute Gasteiger partial charge is 0.308 e. The van der Waals surface area contributed by atoms with Crippen LogP contribution in [0.3, 0.4) is 0 Å². The van der Waals surface area contributed by atoms with Crippen LogP contribution in [0.2, 0.25) is 0 Å². The molecule has 10 nitrogen and oxygen atoms in total. The number of amides is 1. The van der Waals surface area contributed by atoms with Crippen LogP contribution in [0, 0.1) is 23.0 Å². The first-order chi connectivity index (χ1) is 13.3. The van der Waals surface area contributed by atoms with Crippen LogP contribution < -0.4 is 5.43 Å². The van der Waals surface area contributed by atoms with E-state index in [0.29, 0.717) is 25.1 Å². The molecule has 1 N–H and O–H groups in total. The van der Waals surface area contributed by atoms with E-state index in [0.717, 1.165) is 0 Å². The number of aromatic nitrogens is 2.